The molecule has 0 aliphatic carbocycles. The molecule has 4 heteroatoms. The van der Waals surface area contributed by atoms with Gasteiger partial charge in [0.05, 0.1) is 11.2 Å². The van der Waals surface area contributed by atoms with Gasteiger partial charge in [0.2, 0.25) is 0 Å². The first-order valence-electron chi connectivity index (χ1n) is 4.48. The summed E-state index contributed by atoms with van der Waals surface area (Å²) < 4.78 is 1.89. The van der Waals surface area contributed by atoms with Crippen LogP contribution in [-0.2, 0) is 13.6 Å². The van der Waals surface area contributed by atoms with Crippen molar-refractivity contribution in [3.63, 3.8) is 0 Å². The van der Waals surface area contributed by atoms with Gasteiger partial charge in [0.15, 0.2) is 0 Å². The van der Waals surface area contributed by atoms with E-state index >= 15 is 0 Å². The van der Waals surface area contributed by atoms with Crippen molar-refractivity contribution >= 4 is 22.5 Å². The molecule has 0 saturated heterocycles. The van der Waals surface area contributed by atoms with Gasteiger partial charge in [-0.3, -0.25) is 4.68 Å². The molecule has 0 bridgehead atoms. The van der Waals surface area contributed by atoms with Crippen molar-refractivity contribution in [1.82, 2.24) is 15.1 Å². The quantitative estimate of drug-likeness (QED) is 0.820. The molecular weight excluding hydrogens is 198 g/mol. The van der Waals surface area contributed by atoms with Gasteiger partial charge in [-0.1, -0.05) is 11.6 Å². The fourth-order valence-corrected chi connectivity index (χ4v) is 1.77. The highest BCUT2D eigenvalue weighted by molar-refractivity contribution is 6.31. The highest BCUT2D eigenvalue weighted by Crippen LogP contribution is 2.21. The third-order valence-electron chi connectivity index (χ3n) is 2.26. The van der Waals surface area contributed by atoms with E-state index in [0.29, 0.717) is 0 Å². The first kappa shape index (κ1) is 9.49. The van der Waals surface area contributed by atoms with Crippen LogP contribution in [0.2, 0.25) is 5.02 Å². The maximum atomic E-state index is 5.94. The smallest absolute Gasteiger partial charge is 0.0927 e. The van der Waals surface area contributed by atoms with Crippen molar-refractivity contribution in [3.05, 3.63) is 28.9 Å². The summed E-state index contributed by atoms with van der Waals surface area (Å²) in [4.78, 5) is 0. The van der Waals surface area contributed by atoms with Crippen LogP contribution in [0, 0.1) is 0 Å². The number of rotatable bonds is 2. The molecule has 2 aromatic rings. The molecule has 0 saturated carbocycles. The molecule has 0 fully saturated rings. The summed E-state index contributed by atoms with van der Waals surface area (Å²) in [6, 6.07) is 5.76. The molecule has 0 amide bonds. The third-order valence-corrected chi connectivity index (χ3v) is 2.50. The van der Waals surface area contributed by atoms with Crippen molar-refractivity contribution in [2.45, 2.75) is 6.54 Å². The van der Waals surface area contributed by atoms with Crippen LogP contribution in [0.15, 0.2) is 18.2 Å². The summed E-state index contributed by atoms with van der Waals surface area (Å²) in [6.07, 6.45) is 0. The van der Waals surface area contributed by atoms with Crippen molar-refractivity contribution in [1.29, 1.82) is 0 Å². The lowest BCUT2D eigenvalue weighted by atomic mass is 10.2. The Kier molecular flexibility index (Phi) is 2.44. The van der Waals surface area contributed by atoms with Gasteiger partial charge >= 0.3 is 0 Å². The summed E-state index contributed by atoms with van der Waals surface area (Å²) >= 11 is 5.94. The van der Waals surface area contributed by atoms with Crippen LogP contribution < -0.4 is 5.32 Å². The second-order valence-corrected chi connectivity index (χ2v) is 3.70. The largest absolute Gasteiger partial charge is 0.314 e. The maximum Gasteiger partial charge on any atom is 0.0927 e. The Balaban J connectivity index is 2.66. The summed E-state index contributed by atoms with van der Waals surface area (Å²) in [5.74, 6) is 0. The fourth-order valence-electron chi connectivity index (χ4n) is 1.60. The zero-order chi connectivity index (χ0) is 10.1. The van der Waals surface area contributed by atoms with Crippen LogP contribution in [0.5, 0.6) is 0 Å². The molecular formula is C10H12ClN3. The van der Waals surface area contributed by atoms with Crippen molar-refractivity contribution in [3.8, 4) is 0 Å². The van der Waals surface area contributed by atoms with Crippen molar-refractivity contribution in [2.75, 3.05) is 7.05 Å². The molecule has 0 atom stereocenters. The van der Waals surface area contributed by atoms with Gasteiger partial charge in [-0.15, -0.1) is 0 Å². The zero-order valence-electron chi connectivity index (χ0n) is 8.21. The number of aromatic nitrogens is 2. The minimum Gasteiger partial charge on any atom is -0.314 e. The lowest BCUT2D eigenvalue weighted by Crippen LogP contribution is -2.09. The van der Waals surface area contributed by atoms with Gasteiger partial charge in [-0.05, 0) is 25.2 Å². The van der Waals surface area contributed by atoms with Crippen LogP contribution in [0.1, 0.15) is 5.69 Å². The highest BCUT2D eigenvalue weighted by Gasteiger charge is 2.07. The van der Waals surface area contributed by atoms with E-state index in [1.165, 1.54) is 0 Å². The Morgan fingerprint density at radius 3 is 3.00 bits per heavy atom. The molecule has 1 N–H and O–H groups in total. The molecule has 14 heavy (non-hydrogen) atoms. The molecule has 1 aromatic carbocycles. The van der Waals surface area contributed by atoms with E-state index < -0.39 is 0 Å². The second kappa shape index (κ2) is 3.59. The Morgan fingerprint density at radius 2 is 2.29 bits per heavy atom. The molecule has 3 nitrogen and oxygen atoms in total. The average molecular weight is 210 g/mol. The number of halogens is 1. The number of hydrogen-bond donors (Lipinski definition) is 1. The first-order chi connectivity index (χ1) is 6.72. The Bertz CT molecular complexity index is 462. The monoisotopic (exact) mass is 209 g/mol. The van der Waals surface area contributed by atoms with Gasteiger partial charge in [-0.25, -0.2) is 0 Å². The molecule has 1 heterocycles. The lowest BCUT2D eigenvalue weighted by Gasteiger charge is -2.00. The highest BCUT2D eigenvalue weighted by atomic mass is 35.5. The molecule has 0 aliphatic heterocycles. The molecule has 2 rings (SSSR count). The van der Waals surface area contributed by atoms with E-state index in [4.69, 9.17) is 11.6 Å². The van der Waals surface area contributed by atoms with Gasteiger partial charge in [0, 0.05) is 24.0 Å². The van der Waals surface area contributed by atoms with Crippen LogP contribution in [0.4, 0.5) is 0 Å². The summed E-state index contributed by atoms with van der Waals surface area (Å²) in [5.41, 5.74) is 2.15. The van der Waals surface area contributed by atoms with Crippen LogP contribution in [-0.4, -0.2) is 16.8 Å². The number of hydrogen-bond acceptors (Lipinski definition) is 2. The first-order valence-corrected chi connectivity index (χ1v) is 4.86. The van der Waals surface area contributed by atoms with E-state index in [1.54, 1.807) is 0 Å². The summed E-state index contributed by atoms with van der Waals surface area (Å²) in [5, 5.41) is 9.38. The molecule has 0 aliphatic rings. The molecule has 0 spiro atoms. The number of aryl methyl sites for hydroxylation is 1. The number of nitrogens with one attached hydrogen (secondary N) is 1. The number of benzene rings is 1. The van der Waals surface area contributed by atoms with E-state index in [-0.39, 0.29) is 0 Å². The molecule has 74 valence electrons. The van der Waals surface area contributed by atoms with Gasteiger partial charge < -0.3 is 5.32 Å². The van der Waals surface area contributed by atoms with E-state index in [2.05, 4.69) is 10.4 Å². The number of nitrogens with zero attached hydrogens (tertiary/aromatic N) is 2. The zero-order valence-corrected chi connectivity index (χ0v) is 8.97. The van der Waals surface area contributed by atoms with Crippen LogP contribution in [0.25, 0.3) is 10.9 Å². The predicted molar refractivity (Wildman–Crippen MR) is 58.5 cm³/mol. The Morgan fingerprint density at radius 1 is 1.50 bits per heavy atom. The standard InChI is InChI=1S/C10H12ClN3/c1-12-6-10-8-5-7(11)3-4-9(8)13-14(10)2/h3-5,12H,6H2,1-2H3. The average Bonchev–Trinajstić information content (AvgIpc) is 2.45. The summed E-state index contributed by atoms with van der Waals surface area (Å²) in [7, 11) is 3.87. The Labute approximate surface area is 87.7 Å². The van der Waals surface area contributed by atoms with Gasteiger partial charge in [0.25, 0.3) is 0 Å². The van der Waals surface area contributed by atoms with E-state index in [9.17, 15) is 0 Å². The minimum absolute atomic E-state index is 0.753. The lowest BCUT2D eigenvalue weighted by molar-refractivity contribution is 0.680. The normalized spacial score (nSPS) is 11.1. The van der Waals surface area contributed by atoms with E-state index in [1.807, 2.05) is 37.0 Å². The van der Waals surface area contributed by atoms with E-state index in [0.717, 1.165) is 28.2 Å². The van der Waals surface area contributed by atoms with Crippen molar-refractivity contribution in [2.24, 2.45) is 7.05 Å². The fraction of sp³-hybridized carbons (Fsp3) is 0.300. The second-order valence-electron chi connectivity index (χ2n) is 3.26. The van der Waals surface area contributed by atoms with Gasteiger partial charge in [-0.2, -0.15) is 5.10 Å². The van der Waals surface area contributed by atoms with Gasteiger partial charge in [0.1, 0.15) is 0 Å². The summed E-state index contributed by atoms with van der Waals surface area (Å²) in [6.45, 7) is 0.799. The molecule has 0 radical (unpaired) electrons. The third kappa shape index (κ3) is 1.49. The molecule has 1 aromatic heterocycles. The predicted octanol–water partition coefficient (Wildman–Crippen LogP) is 1.95. The Hall–Kier alpha value is -1.06. The van der Waals surface area contributed by atoms with Crippen molar-refractivity contribution < 1.29 is 0 Å². The van der Waals surface area contributed by atoms with Crippen LogP contribution >= 0.6 is 11.6 Å². The minimum atomic E-state index is 0.753. The number of fused-ring (bicyclic) bond motifs is 1. The maximum absolute atomic E-state index is 5.94. The topological polar surface area (TPSA) is 29.9 Å². The molecule has 0 unspecified atom stereocenters. The van der Waals surface area contributed by atoms with Crippen LogP contribution in [0.3, 0.4) is 0 Å². The SMILES string of the molecule is CNCc1c2cc(Cl)ccc2nn1C.